The number of Topliss-reactive ketones (excluding diaryl/α,β-unsaturated/α-hetero) is 1. The van der Waals surface area contributed by atoms with Gasteiger partial charge in [0.05, 0.1) is 27.7 Å². The number of alkyl halides is 4. The van der Waals surface area contributed by atoms with E-state index in [4.69, 9.17) is 16.6 Å². The summed E-state index contributed by atoms with van der Waals surface area (Å²) >= 11 is 6.65. The van der Waals surface area contributed by atoms with Crippen LogP contribution in [0.15, 0.2) is 42.5 Å². The maximum absolute atomic E-state index is 15.4. The van der Waals surface area contributed by atoms with Crippen LogP contribution in [-0.4, -0.2) is 45.0 Å². The Morgan fingerprint density at radius 3 is 2.36 bits per heavy atom. The van der Waals surface area contributed by atoms with Gasteiger partial charge in [0.1, 0.15) is 35.3 Å². The standard InChI is InChI=1S/C40H36ClF6N5O3S/c1-39(2,3)11-10-24-6-7-26(27-8-9-30(41)33-31(19-56(5,54)55)49-51(4)36(27)33)34(48-24)21(12-20-13-22(42)16-23(43)14-20)15-25(53)18-52-37-32(35(50-52)38(44)45)28-17-29(28)40(37,46)47/h6-9,13-14,16,21,28-29,38H,12,15,17-19H2,1-5H3/t21-,28+,29-/m1/s1. The van der Waals surface area contributed by atoms with Gasteiger partial charge in [-0.15, -0.1) is 0 Å². The first-order valence-electron chi connectivity index (χ1n) is 17.7. The van der Waals surface area contributed by atoms with Crippen molar-refractivity contribution in [3.05, 3.63) is 98.7 Å². The Morgan fingerprint density at radius 1 is 1.04 bits per heavy atom. The smallest absolute Gasteiger partial charge is 0.293 e. The van der Waals surface area contributed by atoms with Crippen molar-refractivity contribution in [1.29, 1.82) is 0 Å². The number of aryl methyl sites for hydroxylation is 1. The normalized spacial score (nSPS) is 17.8. The summed E-state index contributed by atoms with van der Waals surface area (Å²) in [4.78, 5) is 18.9. The average Bonchev–Trinajstić information content (AvgIpc) is 3.62. The van der Waals surface area contributed by atoms with Crippen molar-refractivity contribution in [1.82, 2.24) is 24.5 Å². The van der Waals surface area contributed by atoms with Gasteiger partial charge in [0.2, 0.25) is 0 Å². The van der Waals surface area contributed by atoms with Crippen molar-refractivity contribution < 1.29 is 39.6 Å². The number of hydrogen-bond acceptors (Lipinski definition) is 6. The van der Waals surface area contributed by atoms with Gasteiger partial charge in [0.25, 0.3) is 12.3 Å². The molecule has 0 amide bonds. The van der Waals surface area contributed by atoms with Crippen LogP contribution in [-0.2, 0) is 46.3 Å². The lowest BCUT2D eigenvalue weighted by Gasteiger charge is -2.22. The topological polar surface area (TPSA) is 99.7 Å². The quantitative estimate of drug-likeness (QED) is 0.0977. The summed E-state index contributed by atoms with van der Waals surface area (Å²) in [5.41, 5.74) is 0.117. The minimum atomic E-state index is -3.55. The van der Waals surface area contributed by atoms with E-state index in [1.807, 2.05) is 20.8 Å². The molecule has 3 aromatic heterocycles. The molecule has 294 valence electrons. The van der Waals surface area contributed by atoms with Crippen molar-refractivity contribution in [2.24, 2.45) is 18.4 Å². The largest absolute Gasteiger partial charge is 0.298 e. The van der Waals surface area contributed by atoms with E-state index in [-0.39, 0.29) is 40.4 Å². The molecule has 2 aliphatic rings. The minimum absolute atomic E-state index is 0.0545. The minimum Gasteiger partial charge on any atom is -0.298 e. The number of rotatable bonds is 11. The zero-order valence-electron chi connectivity index (χ0n) is 30.9. The van der Waals surface area contributed by atoms with E-state index < -0.39 is 92.9 Å². The molecule has 3 heterocycles. The highest BCUT2D eigenvalue weighted by atomic mass is 35.5. The molecule has 0 radical (unpaired) electrons. The molecule has 0 unspecified atom stereocenters. The number of aromatic nitrogens is 5. The van der Waals surface area contributed by atoms with Gasteiger partial charge < -0.3 is 0 Å². The number of ketones is 1. The predicted octanol–water partition coefficient (Wildman–Crippen LogP) is 8.84. The monoisotopic (exact) mass is 815 g/mol. The van der Waals surface area contributed by atoms with Crippen molar-refractivity contribution in [2.75, 3.05) is 6.26 Å². The van der Waals surface area contributed by atoms with Crippen LogP contribution >= 0.6 is 11.6 Å². The molecule has 8 nitrogen and oxygen atoms in total. The SMILES string of the molecule is Cn1nc(CS(C)(=O)=O)c2c(Cl)ccc(-c3ccc(C#CC(C)(C)C)nc3[C@@H](CC(=O)Cn3nc(C(F)F)c4c3C(F)(F)[C@@H]3C[C@H]43)Cc3cc(F)cc(F)c3)c21. The molecule has 1 fully saturated rings. The molecule has 2 aliphatic carbocycles. The number of nitrogens with zero attached hydrogens (tertiary/aromatic N) is 5. The summed E-state index contributed by atoms with van der Waals surface area (Å²) in [6.07, 6.45) is -2.61. The van der Waals surface area contributed by atoms with E-state index in [0.717, 1.165) is 18.4 Å². The highest BCUT2D eigenvalue weighted by molar-refractivity contribution is 7.89. The van der Waals surface area contributed by atoms with Crippen LogP contribution in [0, 0.1) is 34.8 Å². The molecule has 0 bridgehead atoms. The Kier molecular flexibility index (Phi) is 9.93. The third-order valence-electron chi connectivity index (χ3n) is 9.95. The second kappa shape index (κ2) is 14.1. The van der Waals surface area contributed by atoms with Gasteiger partial charge in [-0.3, -0.25) is 14.2 Å². The van der Waals surface area contributed by atoms with Crippen LogP contribution < -0.4 is 0 Å². The molecule has 0 N–H and O–H groups in total. The number of carbonyl (C=O) groups excluding carboxylic acids is 1. The van der Waals surface area contributed by atoms with Crippen LogP contribution in [0.5, 0.6) is 0 Å². The summed E-state index contributed by atoms with van der Waals surface area (Å²) in [5.74, 6) is -3.00. The van der Waals surface area contributed by atoms with Crippen LogP contribution in [0.3, 0.4) is 0 Å². The molecule has 5 aromatic rings. The number of sulfone groups is 1. The van der Waals surface area contributed by atoms with E-state index in [0.29, 0.717) is 38.5 Å². The molecule has 56 heavy (non-hydrogen) atoms. The third-order valence-corrected chi connectivity index (χ3v) is 11.1. The van der Waals surface area contributed by atoms with Gasteiger partial charge in [0, 0.05) is 65.1 Å². The van der Waals surface area contributed by atoms with Crippen LogP contribution in [0.4, 0.5) is 26.3 Å². The summed E-state index contributed by atoms with van der Waals surface area (Å²) in [6.45, 7) is 4.93. The summed E-state index contributed by atoms with van der Waals surface area (Å²) < 4.78 is 115. The zero-order chi connectivity index (χ0) is 40.6. The van der Waals surface area contributed by atoms with E-state index in [2.05, 4.69) is 22.0 Å². The molecule has 0 saturated heterocycles. The Balaban J connectivity index is 1.39. The number of hydrogen-bond donors (Lipinski definition) is 0. The van der Waals surface area contributed by atoms with Crippen molar-refractivity contribution in [2.45, 2.75) is 76.5 Å². The van der Waals surface area contributed by atoms with Gasteiger partial charge in [-0.25, -0.2) is 31.0 Å². The van der Waals surface area contributed by atoms with Crippen molar-refractivity contribution in [3.63, 3.8) is 0 Å². The summed E-state index contributed by atoms with van der Waals surface area (Å²) in [7, 11) is -1.94. The third kappa shape index (κ3) is 7.70. The van der Waals surface area contributed by atoms with Gasteiger partial charge in [-0.05, 0) is 81.3 Å². The molecule has 3 atom stereocenters. The second-order valence-corrected chi connectivity index (χ2v) is 18.2. The fourth-order valence-electron chi connectivity index (χ4n) is 7.72. The molecule has 16 heteroatoms. The lowest BCUT2D eigenvalue weighted by Crippen LogP contribution is -2.24. The molecule has 0 aliphatic heterocycles. The summed E-state index contributed by atoms with van der Waals surface area (Å²) in [5, 5.41) is 8.86. The zero-order valence-corrected chi connectivity index (χ0v) is 32.5. The number of carbonyl (C=O) groups is 1. The highest BCUT2D eigenvalue weighted by Crippen LogP contribution is 2.68. The molecule has 2 aromatic carbocycles. The fraction of sp³-hybridized carbons (Fsp3) is 0.400. The van der Waals surface area contributed by atoms with Crippen molar-refractivity contribution in [3.8, 4) is 23.0 Å². The number of halogens is 7. The second-order valence-electron chi connectivity index (χ2n) is 15.7. The van der Waals surface area contributed by atoms with Crippen LogP contribution in [0.25, 0.3) is 22.0 Å². The Bertz CT molecular complexity index is 2580. The Hall–Kier alpha value is -4.68. The number of benzene rings is 2. The first-order chi connectivity index (χ1) is 26.1. The lowest BCUT2D eigenvalue weighted by atomic mass is 9.86. The molecular weight excluding hydrogens is 780 g/mol. The van der Waals surface area contributed by atoms with E-state index in [1.165, 1.54) is 4.68 Å². The Morgan fingerprint density at radius 2 is 1.71 bits per heavy atom. The molecule has 7 rings (SSSR count). The van der Waals surface area contributed by atoms with Gasteiger partial charge >= 0.3 is 0 Å². The summed E-state index contributed by atoms with van der Waals surface area (Å²) in [6, 6.07) is 9.49. The van der Waals surface area contributed by atoms with Gasteiger partial charge in [-0.1, -0.05) is 23.6 Å². The lowest BCUT2D eigenvalue weighted by molar-refractivity contribution is -0.120. The fourth-order valence-corrected chi connectivity index (χ4v) is 8.68. The number of fused-ring (bicyclic) bond motifs is 4. The molecule has 1 saturated carbocycles. The van der Waals surface area contributed by atoms with Crippen molar-refractivity contribution >= 4 is 38.1 Å². The van der Waals surface area contributed by atoms with E-state index in [9.17, 15) is 30.8 Å². The van der Waals surface area contributed by atoms with E-state index >= 15 is 8.78 Å². The van der Waals surface area contributed by atoms with Crippen LogP contribution in [0.2, 0.25) is 5.02 Å². The maximum Gasteiger partial charge on any atom is 0.293 e. The molecule has 0 spiro atoms. The highest BCUT2D eigenvalue weighted by Gasteiger charge is 2.67. The average molecular weight is 816 g/mol. The van der Waals surface area contributed by atoms with Gasteiger partial charge in [-0.2, -0.15) is 19.0 Å². The Labute approximate surface area is 324 Å². The first kappa shape index (κ1) is 39.6. The predicted molar refractivity (Wildman–Crippen MR) is 198 cm³/mol. The van der Waals surface area contributed by atoms with E-state index in [1.54, 1.807) is 31.3 Å². The van der Waals surface area contributed by atoms with Crippen LogP contribution in [0.1, 0.15) is 91.5 Å². The maximum atomic E-state index is 15.4. The first-order valence-corrected chi connectivity index (χ1v) is 20.1. The van der Waals surface area contributed by atoms with Gasteiger partial charge in [0.15, 0.2) is 15.6 Å². The molecular formula is C40H36ClF6N5O3S. The number of pyridine rings is 1.